The SMILES string of the molecule is NCCCC1CCCC(C2CCCC(C3CCCC(CCCN)C3)C2)C1. The van der Waals surface area contributed by atoms with E-state index >= 15 is 0 Å². The van der Waals surface area contributed by atoms with Gasteiger partial charge in [-0.05, 0) is 93.5 Å². The van der Waals surface area contributed by atoms with Gasteiger partial charge in [-0.3, -0.25) is 0 Å². The molecule has 0 saturated heterocycles. The predicted molar refractivity (Wildman–Crippen MR) is 113 cm³/mol. The van der Waals surface area contributed by atoms with E-state index in [0.29, 0.717) is 0 Å². The van der Waals surface area contributed by atoms with E-state index in [0.717, 1.165) is 48.6 Å². The second-order valence-electron chi connectivity index (χ2n) is 10.1. The normalized spacial score (nSPS) is 39.0. The monoisotopic (exact) mass is 362 g/mol. The Balaban J connectivity index is 1.49. The second kappa shape index (κ2) is 11.1. The minimum Gasteiger partial charge on any atom is -0.330 e. The fourth-order valence-electron chi connectivity index (χ4n) is 6.98. The van der Waals surface area contributed by atoms with Crippen molar-refractivity contribution in [3.05, 3.63) is 0 Å². The first-order chi connectivity index (χ1) is 12.8. The molecule has 4 N–H and O–H groups in total. The Morgan fingerprint density at radius 1 is 0.500 bits per heavy atom. The van der Waals surface area contributed by atoms with Crippen molar-refractivity contribution in [1.29, 1.82) is 0 Å². The van der Waals surface area contributed by atoms with Crippen LogP contribution in [-0.4, -0.2) is 13.1 Å². The van der Waals surface area contributed by atoms with E-state index in [4.69, 9.17) is 11.5 Å². The molecule has 0 bridgehead atoms. The van der Waals surface area contributed by atoms with Gasteiger partial charge in [0.15, 0.2) is 0 Å². The molecule has 3 saturated carbocycles. The van der Waals surface area contributed by atoms with Gasteiger partial charge >= 0.3 is 0 Å². The lowest BCUT2D eigenvalue weighted by Crippen LogP contribution is -2.32. The summed E-state index contributed by atoms with van der Waals surface area (Å²) in [5.74, 6) is 6.19. The molecular weight excluding hydrogens is 316 g/mol. The summed E-state index contributed by atoms with van der Waals surface area (Å²) in [5.41, 5.74) is 11.5. The molecule has 3 rings (SSSR count). The molecule has 26 heavy (non-hydrogen) atoms. The van der Waals surface area contributed by atoms with Gasteiger partial charge in [0.25, 0.3) is 0 Å². The molecule has 0 amide bonds. The van der Waals surface area contributed by atoms with Crippen LogP contribution in [0.1, 0.15) is 103 Å². The Kier molecular flexibility index (Phi) is 8.78. The van der Waals surface area contributed by atoms with Crippen molar-refractivity contribution in [1.82, 2.24) is 0 Å². The Morgan fingerprint density at radius 3 is 1.31 bits per heavy atom. The maximum Gasteiger partial charge on any atom is -0.00772 e. The first-order valence-electron chi connectivity index (χ1n) is 12.2. The molecule has 0 spiro atoms. The van der Waals surface area contributed by atoms with Gasteiger partial charge in [0.2, 0.25) is 0 Å². The van der Waals surface area contributed by atoms with Gasteiger partial charge in [0, 0.05) is 0 Å². The molecule has 6 atom stereocenters. The fourth-order valence-corrected chi connectivity index (χ4v) is 6.98. The number of rotatable bonds is 8. The average Bonchev–Trinajstić information content (AvgIpc) is 2.71. The molecule has 152 valence electrons. The zero-order valence-electron chi connectivity index (χ0n) is 17.3. The summed E-state index contributed by atoms with van der Waals surface area (Å²) < 4.78 is 0. The quantitative estimate of drug-likeness (QED) is 0.566. The summed E-state index contributed by atoms with van der Waals surface area (Å²) in [6.45, 7) is 1.78. The van der Waals surface area contributed by atoms with Crippen LogP contribution in [0.3, 0.4) is 0 Å². The highest BCUT2D eigenvalue weighted by Gasteiger charge is 2.36. The van der Waals surface area contributed by atoms with Crippen molar-refractivity contribution in [2.24, 2.45) is 47.0 Å². The molecule has 3 aliphatic rings. The molecule has 2 heteroatoms. The third-order valence-corrected chi connectivity index (χ3v) is 8.37. The largest absolute Gasteiger partial charge is 0.330 e. The Morgan fingerprint density at radius 2 is 0.885 bits per heavy atom. The van der Waals surface area contributed by atoms with Crippen LogP contribution in [-0.2, 0) is 0 Å². The molecule has 3 fully saturated rings. The molecule has 6 unspecified atom stereocenters. The number of nitrogens with two attached hydrogens (primary N) is 2. The predicted octanol–water partition coefficient (Wildman–Crippen LogP) is 5.88. The smallest absolute Gasteiger partial charge is 0.00772 e. The zero-order valence-corrected chi connectivity index (χ0v) is 17.3. The average molecular weight is 363 g/mol. The van der Waals surface area contributed by atoms with Crippen LogP contribution in [0.4, 0.5) is 0 Å². The Bertz CT molecular complexity index is 348. The fraction of sp³-hybridized carbons (Fsp3) is 1.00. The summed E-state index contributed by atoms with van der Waals surface area (Å²) in [6, 6.07) is 0. The molecule has 0 aromatic carbocycles. The van der Waals surface area contributed by atoms with Crippen LogP contribution in [0.2, 0.25) is 0 Å². The highest BCUT2D eigenvalue weighted by Crippen LogP contribution is 2.47. The molecule has 0 aromatic rings. The zero-order chi connectivity index (χ0) is 18.2. The first kappa shape index (κ1) is 20.6. The van der Waals surface area contributed by atoms with E-state index in [1.165, 1.54) is 96.3 Å². The summed E-state index contributed by atoms with van der Waals surface area (Å²) in [5, 5.41) is 0. The number of hydrogen-bond acceptors (Lipinski definition) is 2. The molecule has 0 aliphatic heterocycles. The lowest BCUT2D eigenvalue weighted by Gasteiger charge is -2.43. The van der Waals surface area contributed by atoms with Crippen LogP contribution in [0.15, 0.2) is 0 Å². The number of hydrogen-bond donors (Lipinski definition) is 2. The van der Waals surface area contributed by atoms with Crippen LogP contribution >= 0.6 is 0 Å². The van der Waals surface area contributed by atoms with E-state index in [2.05, 4.69) is 0 Å². The second-order valence-corrected chi connectivity index (χ2v) is 10.1. The van der Waals surface area contributed by atoms with Crippen molar-refractivity contribution >= 4 is 0 Å². The highest BCUT2D eigenvalue weighted by molar-refractivity contribution is 4.87. The maximum absolute atomic E-state index is 5.76. The summed E-state index contributed by atoms with van der Waals surface area (Å²) >= 11 is 0. The van der Waals surface area contributed by atoms with Gasteiger partial charge in [-0.2, -0.15) is 0 Å². The minimum atomic E-state index is 0.889. The van der Waals surface area contributed by atoms with Crippen molar-refractivity contribution < 1.29 is 0 Å². The third kappa shape index (κ3) is 5.96. The van der Waals surface area contributed by atoms with Gasteiger partial charge in [0.1, 0.15) is 0 Å². The highest BCUT2D eigenvalue weighted by atomic mass is 14.5. The Labute approximate surface area is 163 Å². The lowest BCUT2D eigenvalue weighted by molar-refractivity contribution is 0.0838. The van der Waals surface area contributed by atoms with Crippen LogP contribution in [0, 0.1) is 35.5 Å². The van der Waals surface area contributed by atoms with Gasteiger partial charge in [-0.25, -0.2) is 0 Å². The van der Waals surface area contributed by atoms with E-state index in [1.807, 2.05) is 0 Å². The van der Waals surface area contributed by atoms with Crippen molar-refractivity contribution in [3.8, 4) is 0 Å². The summed E-state index contributed by atoms with van der Waals surface area (Å²) in [6.07, 6.45) is 23.5. The van der Waals surface area contributed by atoms with Crippen LogP contribution < -0.4 is 11.5 Å². The van der Waals surface area contributed by atoms with Gasteiger partial charge in [-0.1, -0.05) is 57.8 Å². The third-order valence-electron chi connectivity index (χ3n) is 8.37. The summed E-state index contributed by atoms with van der Waals surface area (Å²) in [4.78, 5) is 0. The van der Waals surface area contributed by atoms with Crippen LogP contribution in [0.25, 0.3) is 0 Å². The molecular formula is C24H46N2. The molecule has 2 nitrogen and oxygen atoms in total. The molecule has 0 heterocycles. The van der Waals surface area contributed by atoms with Gasteiger partial charge < -0.3 is 11.5 Å². The van der Waals surface area contributed by atoms with E-state index in [-0.39, 0.29) is 0 Å². The minimum absolute atomic E-state index is 0.889. The standard InChI is InChI=1S/C24H46N2/c25-14-4-8-19-6-1-10-21(16-19)23-12-3-13-24(18-23)22-11-2-7-20(17-22)9-5-15-26/h19-24H,1-18,25-26H2. The lowest BCUT2D eigenvalue weighted by atomic mass is 9.63. The maximum atomic E-state index is 5.76. The first-order valence-corrected chi connectivity index (χ1v) is 12.2. The van der Waals surface area contributed by atoms with Gasteiger partial charge in [0.05, 0.1) is 0 Å². The van der Waals surface area contributed by atoms with E-state index < -0.39 is 0 Å². The topological polar surface area (TPSA) is 52.0 Å². The molecule has 0 aromatic heterocycles. The van der Waals surface area contributed by atoms with E-state index in [1.54, 1.807) is 6.42 Å². The van der Waals surface area contributed by atoms with Crippen molar-refractivity contribution in [2.45, 2.75) is 103 Å². The summed E-state index contributed by atoms with van der Waals surface area (Å²) in [7, 11) is 0. The molecule has 3 aliphatic carbocycles. The molecule has 0 radical (unpaired) electrons. The Hall–Kier alpha value is -0.0800. The van der Waals surface area contributed by atoms with Crippen LogP contribution in [0.5, 0.6) is 0 Å². The van der Waals surface area contributed by atoms with Gasteiger partial charge in [-0.15, -0.1) is 0 Å². The van der Waals surface area contributed by atoms with Crippen molar-refractivity contribution in [2.75, 3.05) is 13.1 Å². The van der Waals surface area contributed by atoms with Crippen molar-refractivity contribution in [3.63, 3.8) is 0 Å². The van der Waals surface area contributed by atoms with E-state index in [9.17, 15) is 0 Å².